The Balaban J connectivity index is 3.47. The average molecular weight is 254 g/mol. The average Bonchev–Trinajstić information content (AvgIpc) is 2.17. The molecule has 3 N–H and O–H groups in total. The molecular formula is C9H22N2O2S2. The van der Waals surface area contributed by atoms with Gasteiger partial charge in [-0.25, -0.2) is 13.1 Å². The van der Waals surface area contributed by atoms with Gasteiger partial charge in [-0.05, 0) is 44.2 Å². The number of nitrogens with one attached hydrogen (secondary N) is 1. The second kappa shape index (κ2) is 9.45. The van der Waals surface area contributed by atoms with Crippen LogP contribution in [-0.2, 0) is 10.0 Å². The standard InChI is InChI=1S/C9H22N2O2S2/c1-14-8-4-3-7-11-15(12,13)9-5-2-6-10/h11H,2-10H2,1H3. The van der Waals surface area contributed by atoms with Crippen molar-refractivity contribution in [3.05, 3.63) is 0 Å². The van der Waals surface area contributed by atoms with Crippen molar-refractivity contribution in [2.24, 2.45) is 5.73 Å². The van der Waals surface area contributed by atoms with E-state index in [4.69, 9.17) is 5.73 Å². The van der Waals surface area contributed by atoms with E-state index in [1.54, 1.807) is 11.8 Å². The first kappa shape index (κ1) is 15.2. The van der Waals surface area contributed by atoms with Crippen LogP contribution in [0.5, 0.6) is 0 Å². The molecule has 0 saturated heterocycles. The molecule has 0 saturated carbocycles. The van der Waals surface area contributed by atoms with E-state index in [1.807, 2.05) is 0 Å². The van der Waals surface area contributed by atoms with Gasteiger partial charge in [-0.1, -0.05) is 0 Å². The highest BCUT2D eigenvalue weighted by molar-refractivity contribution is 7.98. The molecular weight excluding hydrogens is 232 g/mol. The van der Waals surface area contributed by atoms with Gasteiger partial charge in [0.05, 0.1) is 5.75 Å². The number of unbranched alkanes of at least 4 members (excludes halogenated alkanes) is 2. The fourth-order valence-corrected chi connectivity index (χ4v) is 2.78. The molecule has 92 valence electrons. The third-order valence-corrected chi connectivity index (χ3v) is 4.13. The summed E-state index contributed by atoms with van der Waals surface area (Å²) in [5.74, 6) is 1.29. The monoisotopic (exact) mass is 254 g/mol. The largest absolute Gasteiger partial charge is 0.330 e. The van der Waals surface area contributed by atoms with Crippen LogP contribution < -0.4 is 10.5 Å². The first-order valence-electron chi connectivity index (χ1n) is 5.28. The number of hydrogen-bond acceptors (Lipinski definition) is 4. The molecule has 0 aromatic carbocycles. The van der Waals surface area contributed by atoms with Gasteiger partial charge in [-0.15, -0.1) is 0 Å². The SMILES string of the molecule is CSCCCCNS(=O)(=O)CCCCN. The summed E-state index contributed by atoms with van der Waals surface area (Å²) < 4.78 is 25.4. The Morgan fingerprint density at radius 3 is 2.53 bits per heavy atom. The van der Waals surface area contributed by atoms with Crippen molar-refractivity contribution >= 4 is 21.8 Å². The molecule has 4 nitrogen and oxygen atoms in total. The lowest BCUT2D eigenvalue weighted by molar-refractivity contribution is 0.574. The smallest absolute Gasteiger partial charge is 0.211 e. The molecule has 0 aromatic rings. The zero-order valence-electron chi connectivity index (χ0n) is 9.37. The van der Waals surface area contributed by atoms with Gasteiger partial charge in [0, 0.05) is 6.54 Å². The molecule has 0 amide bonds. The third-order valence-electron chi connectivity index (χ3n) is 1.96. The van der Waals surface area contributed by atoms with Gasteiger partial charge in [0.15, 0.2) is 0 Å². The molecule has 15 heavy (non-hydrogen) atoms. The molecule has 0 bridgehead atoms. The Hall–Kier alpha value is 0.220. The van der Waals surface area contributed by atoms with Crippen molar-refractivity contribution < 1.29 is 8.42 Å². The van der Waals surface area contributed by atoms with Crippen LogP contribution in [-0.4, -0.2) is 39.3 Å². The molecule has 0 unspecified atom stereocenters. The van der Waals surface area contributed by atoms with Crippen LogP contribution in [0.3, 0.4) is 0 Å². The lowest BCUT2D eigenvalue weighted by Gasteiger charge is -2.05. The van der Waals surface area contributed by atoms with Crippen LogP contribution in [0.4, 0.5) is 0 Å². The highest BCUT2D eigenvalue weighted by Crippen LogP contribution is 1.99. The summed E-state index contributed by atoms with van der Waals surface area (Å²) in [7, 11) is -3.05. The first-order valence-corrected chi connectivity index (χ1v) is 8.33. The van der Waals surface area contributed by atoms with Crippen molar-refractivity contribution in [2.75, 3.05) is 30.9 Å². The van der Waals surface area contributed by atoms with E-state index in [0.29, 0.717) is 19.5 Å². The highest BCUT2D eigenvalue weighted by atomic mass is 32.2. The van der Waals surface area contributed by atoms with Gasteiger partial charge >= 0.3 is 0 Å². The summed E-state index contributed by atoms with van der Waals surface area (Å²) in [5.41, 5.74) is 5.30. The molecule has 0 aliphatic heterocycles. The molecule has 0 heterocycles. The normalized spacial score (nSPS) is 11.9. The second-order valence-corrected chi connectivity index (χ2v) is 6.32. The van der Waals surface area contributed by atoms with Crippen LogP contribution in [0, 0.1) is 0 Å². The van der Waals surface area contributed by atoms with Crippen molar-refractivity contribution in [3.8, 4) is 0 Å². The summed E-state index contributed by atoms with van der Waals surface area (Å²) in [4.78, 5) is 0. The van der Waals surface area contributed by atoms with Gasteiger partial charge in [0.1, 0.15) is 0 Å². The number of thioether (sulfide) groups is 1. The van der Waals surface area contributed by atoms with Crippen molar-refractivity contribution in [3.63, 3.8) is 0 Å². The predicted octanol–water partition coefficient (Wildman–Crippen LogP) is 0.788. The maximum absolute atomic E-state index is 11.4. The van der Waals surface area contributed by atoms with E-state index in [9.17, 15) is 8.42 Å². The first-order chi connectivity index (χ1) is 7.12. The molecule has 0 aromatic heterocycles. The zero-order chi connectivity index (χ0) is 11.6. The lowest BCUT2D eigenvalue weighted by Crippen LogP contribution is -2.27. The molecule has 6 heteroatoms. The van der Waals surface area contributed by atoms with Crippen LogP contribution in [0.15, 0.2) is 0 Å². The molecule has 0 spiro atoms. The fourth-order valence-electron chi connectivity index (χ4n) is 1.11. The van der Waals surface area contributed by atoms with Crippen LogP contribution >= 0.6 is 11.8 Å². The summed E-state index contributed by atoms with van der Waals surface area (Å²) in [5, 5.41) is 0. The molecule has 0 atom stereocenters. The zero-order valence-corrected chi connectivity index (χ0v) is 11.0. The van der Waals surface area contributed by atoms with Gasteiger partial charge < -0.3 is 5.73 Å². The molecule has 0 rings (SSSR count). The predicted molar refractivity (Wildman–Crippen MR) is 67.7 cm³/mol. The number of nitrogens with two attached hydrogens (primary N) is 1. The molecule has 0 aliphatic rings. The number of sulfonamides is 1. The minimum Gasteiger partial charge on any atom is -0.330 e. The summed E-state index contributed by atoms with van der Waals surface area (Å²) in [6.45, 7) is 1.12. The van der Waals surface area contributed by atoms with Crippen molar-refractivity contribution in [1.29, 1.82) is 0 Å². The quantitative estimate of drug-likeness (QED) is 0.565. The van der Waals surface area contributed by atoms with E-state index in [0.717, 1.165) is 25.0 Å². The van der Waals surface area contributed by atoms with Crippen LogP contribution in [0.1, 0.15) is 25.7 Å². The Kier molecular flexibility index (Phi) is 9.58. The van der Waals surface area contributed by atoms with E-state index in [2.05, 4.69) is 11.0 Å². The van der Waals surface area contributed by atoms with Crippen LogP contribution in [0.2, 0.25) is 0 Å². The Labute approximate surface area is 97.4 Å². The van der Waals surface area contributed by atoms with Crippen molar-refractivity contribution in [2.45, 2.75) is 25.7 Å². The summed E-state index contributed by atoms with van der Waals surface area (Å²) in [6.07, 6.45) is 5.45. The number of hydrogen-bond donors (Lipinski definition) is 2. The van der Waals surface area contributed by atoms with Crippen molar-refractivity contribution in [1.82, 2.24) is 4.72 Å². The lowest BCUT2D eigenvalue weighted by atomic mass is 10.3. The van der Waals surface area contributed by atoms with Gasteiger partial charge in [-0.2, -0.15) is 11.8 Å². The number of rotatable bonds is 10. The van der Waals surface area contributed by atoms with E-state index in [1.165, 1.54) is 0 Å². The Morgan fingerprint density at radius 2 is 1.93 bits per heavy atom. The fraction of sp³-hybridized carbons (Fsp3) is 1.00. The van der Waals surface area contributed by atoms with Crippen LogP contribution in [0.25, 0.3) is 0 Å². The Bertz CT molecular complexity index is 230. The van der Waals surface area contributed by atoms with Gasteiger partial charge in [0.2, 0.25) is 10.0 Å². The minimum absolute atomic E-state index is 0.201. The maximum atomic E-state index is 11.4. The molecule has 0 fully saturated rings. The topological polar surface area (TPSA) is 72.2 Å². The Morgan fingerprint density at radius 1 is 1.20 bits per heavy atom. The van der Waals surface area contributed by atoms with Gasteiger partial charge in [0.25, 0.3) is 0 Å². The highest BCUT2D eigenvalue weighted by Gasteiger charge is 2.07. The minimum atomic E-state index is -3.05. The molecule has 0 radical (unpaired) electrons. The third kappa shape index (κ3) is 10.5. The molecule has 0 aliphatic carbocycles. The summed E-state index contributed by atoms with van der Waals surface area (Å²) in [6, 6.07) is 0. The second-order valence-electron chi connectivity index (χ2n) is 3.41. The van der Waals surface area contributed by atoms with E-state index in [-0.39, 0.29) is 5.75 Å². The van der Waals surface area contributed by atoms with E-state index < -0.39 is 10.0 Å². The van der Waals surface area contributed by atoms with E-state index >= 15 is 0 Å². The maximum Gasteiger partial charge on any atom is 0.211 e. The summed E-state index contributed by atoms with van der Waals surface area (Å²) >= 11 is 1.79. The van der Waals surface area contributed by atoms with Gasteiger partial charge in [-0.3, -0.25) is 0 Å².